The van der Waals surface area contributed by atoms with E-state index in [1.54, 1.807) is 0 Å². The molecule has 0 radical (unpaired) electrons. The van der Waals surface area contributed by atoms with Crippen molar-refractivity contribution in [3.05, 3.63) is 35.1 Å². The molecular formula is C14H20FNO2. The van der Waals surface area contributed by atoms with Gasteiger partial charge in [-0.2, -0.15) is 0 Å². The van der Waals surface area contributed by atoms with Crippen LogP contribution in [0.3, 0.4) is 0 Å². The lowest BCUT2D eigenvalue weighted by Crippen LogP contribution is -2.40. The first kappa shape index (κ1) is 14.6. The number of carbonyl (C=O) groups is 1. The van der Waals surface area contributed by atoms with Crippen LogP contribution in [0, 0.1) is 5.82 Å². The summed E-state index contributed by atoms with van der Waals surface area (Å²) in [5.74, 6) is -1.41. The minimum Gasteiger partial charge on any atom is -0.478 e. The monoisotopic (exact) mass is 253 g/mol. The molecule has 0 atom stereocenters. The summed E-state index contributed by atoms with van der Waals surface area (Å²) in [4.78, 5) is 10.8. The molecule has 1 aromatic rings. The Hall–Kier alpha value is -1.42. The van der Waals surface area contributed by atoms with Crippen LogP contribution in [0.1, 0.15) is 49.5 Å². The molecule has 18 heavy (non-hydrogen) atoms. The van der Waals surface area contributed by atoms with Gasteiger partial charge in [0.2, 0.25) is 0 Å². The maximum atomic E-state index is 13.6. The van der Waals surface area contributed by atoms with Crippen molar-refractivity contribution in [3.8, 4) is 0 Å². The molecular weight excluding hydrogens is 233 g/mol. The number of hydrogen-bond acceptors (Lipinski definition) is 2. The number of benzene rings is 1. The molecule has 2 N–H and O–H groups in total. The molecule has 0 spiro atoms. The molecule has 1 aromatic carbocycles. The Labute approximate surface area is 107 Å². The summed E-state index contributed by atoms with van der Waals surface area (Å²) in [6.07, 6.45) is 1.87. The van der Waals surface area contributed by atoms with Crippen molar-refractivity contribution in [1.82, 2.24) is 5.32 Å². The standard InChI is InChI=1S/C14H20FNO2/c1-4-14(3,5-2)16-9-11-8-10(13(17)18)6-7-12(11)15/h6-8,16H,4-5,9H2,1-3H3,(H,17,18). The van der Waals surface area contributed by atoms with E-state index in [0.717, 1.165) is 12.8 Å². The molecule has 0 aromatic heterocycles. The van der Waals surface area contributed by atoms with Gasteiger partial charge in [-0.25, -0.2) is 9.18 Å². The third kappa shape index (κ3) is 3.53. The van der Waals surface area contributed by atoms with Crippen LogP contribution in [-0.2, 0) is 6.54 Å². The van der Waals surface area contributed by atoms with Gasteiger partial charge in [0.1, 0.15) is 5.82 Å². The highest BCUT2D eigenvalue weighted by Gasteiger charge is 2.19. The molecule has 100 valence electrons. The van der Waals surface area contributed by atoms with Crippen LogP contribution in [0.4, 0.5) is 4.39 Å². The maximum absolute atomic E-state index is 13.6. The van der Waals surface area contributed by atoms with E-state index in [-0.39, 0.29) is 16.9 Å². The summed E-state index contributed by atoms with van der Waals surface area (Å²) in [5.41, 5.74) is 0.456. The lowest BCUT2D eigenvalue weighted by Gasteiger charge is -2.28. The van der Waals surface area contributed by atoms with Crippen molar-refractivity contribution in [2.45, 2.75) is 45.7 Å². The molecule has 0 heterocycles. The zero-order valence-electron chi connectivity index (χ0n) is 11.1. The first-order valence-electron chi connectivity index (χ1n) is 6.18. The molecule has 0 aliphatic rings. The van der Waals surface area contributed by atoms with Crippen molar-refractivity contribution in [2.24, 2.45) is 0 Å². The van der Waals surface area contributed by atoms with Crippen LogP contribution in [0.15, 0.2) is 18.2 Å². The number of aromatic carboxylic acids is 1. The topological polar surface area (TPSA) is 49.3 Å². The van der Waals surface area contributed by atoms with Gasteiger partial charge in [0.25, 0.3) is 0 Å². The van der Waals surface area contributed by atoms with Gasteiger partial charge in [-0.05, 0) is 38.0 Å². The Balaban J connectivity index is 2.84. The Kier molecular flexibility index (Phi) is 4.84. The highest BCUT2D eigenvalue weighted by molar-refractivity contribution is 5.87. The van der Waals surface area contributed by atoms with E-state index in [9.17, 15) is 9.18 Å². The second-order valence-corrected chi connectivity index (χ2v) is 4.73. The van der Waals surface area contributed by atoms with Crippen LogP contribution in [0.25, 0.3) is 0 Å². The fourth-order valence-electron chi connectivity index (χ4n) is 1.65. The maximum Gasteiger partial charge on any atom is 0.335 e. The van der Waals surface area contributed by atoms with E-state index in [0.29, 0.717) is 12.1 Å². The largest absolute Gasteiger partial charge is 0.478 e. The van der Waals surface area contributed by atoms with E-state index >= 15 is 0 Å². The molecule has 0 unspecified atom stereocenters. The smallest absolute Gasteiger partial charge is 0.335 e. The average Bonchev–Trinajstić information content (AvgIpc) is 2.37. The number of halogens is 1. The normalized spacial score (nSPS) is 11.6. The molecule has 0 bridgehead atoms. The minimum absolute atomic E-state index is 0.0499. The number of hydrogen-bond donors (Lipinski definition) is 2. The quantitative estimate of drug-likeness (QED) is 0.818. The van der Waals surface area contributed by atoms with Crippen molar-refractivity contribution < 1.29 is 14.3 Å². The van der Waals surface area contributed by atoms with E-state index < -0.39 is 5.97 Å². The molecule has 0 amide bonds. The van der Waals surface area contributed by atoms with E-state index in [1.807, 2.05) is 0 Å². The number of rotatable bonds is 6. The first-order valence-corrected chi connectivity index (χ1v) is 6.18. The molecule has 0 aliphatic heterocycles. The minimum atomic E-state index is -1.04. The summed E-state index contributed by atoms with van der Waals surface area (Å²) >= 11 is 0. The molecule has 0 fully saturated rings. The number of nitrogens with one attached hydrogen (secondary N) is 1. The van der Waals surface area contributed by atoms with Gasteiger partial charge in [0.15, 0.2) is 0 Å². The number of carboxylic acids is 1. The molecule has 0 aliphatic carbocycles. The molecule has 0 saturated carbocycles. The summed E-state index contributed by atoms with van der Waals surface area (Å²) in [6.45, 7) is 6.55. The average molecular weight is 253 g/mol. The highest BCUT2D eigenvalue weighted by atomic mass is 19.1. The molecule has 1 rings (SSSR count). The second-order valence-electron chi connectivity index (χ2n) is 4.73. The third-order valence-electron chi connectivity index (χ3n) is 3.56. The van der Waals surface area contributed by atoms with Gasteiger partial charge < -0.3 is 10.4 Å². The third-order valence-corrected chi connectivity index (χ3v) is 3.56. The predicted molar refractivity (Wildman–Crippen MR) is 69.2 cm³/mol. The predicted octanol–water partition coefficient (Wildman–Crippen LogP) is 3.19. The van der Waals surface area contributed by atoms with Crippen molar-refractivity contribution in [3.63, 3.8) is 0 Å². The van der Waals surface area contributed by atoms with Gasteiger partial charge in [-0.3, -0.25) is 0 Å². The SMILES string of the molecule is CCC(C)(CC)NCc1cc(C(=O)O)ccc1F. The van der Waals surface area contributed by atoms with E-state index in [2.05, 4.69) is 26.1 Å². The molecule has 4 heteroatoms. The van der Waals surface area contributed by atoms with Crippen LogP contribution in [-0.4, -0.2) is 16.6 Å². The van der Waals surface area contributed by atoms with E-state index in [1.165, 1.54) is 18.2 Å². The van der Waals surface area contributed by atoms with Crippen molar-refractivity contribution in [1.29, 1.82) is 0 Å². The Morgan fingerprint density at radius 3 is 2.50 bits per heavy atom. The van der Waals surface area contributed by atoms with Gasteiger partial charge in [0.05, 0.1) is 5.56 Å². The van der Waals surface area contributed by atoms with Gasteiger partial charge in [-0.1, -0.05) is 13.8 Å². The second kappa shape index (κ2) is 5.96. The van der Waals surface area contributed by atoms with Gasteiger partial charge in [0, 0.05) is 17.6 Å². The Morgan fingerprint density at radius 2 is 2.00 bits per heavy atom. The van der Waals surface area contributed by atoms with Crippen molar-refractivity contribution >= 4 is 5.97 Å². The first-order chi connectivity index (χ1) is 8.41. The van der Waals surface area contributed by atoms with Crippen LogP contribution >= 0.6 is 0 Å². The van der Waals surface area contributed by atoms with E-state index in [4.69, 9.17) is 5.11 Å². The molecule has 0 saturated heterocycles. The van der Waals surface area contributed by atoms with Gasteiger partial charge >= 0.3 is 5.97 Å². The van der Waals surface area contributed by atoms with Gasteiger partial charge in [-0.15, -0.1) is 0 Å². The zero-order valence-corrected chi connectivity index (χ0v) is 11.1. The summed E-state index contributed by atoms with van der Waals surface area (Å²) in [7, 11) is 0. The van der Waals surface area contributed by atoms with Crippen LogP contribution in [0.2, 0.25) is 0 Å². The Morgan fingerprint density at radius 1 is 1.39 bits per heavy atom. The zero-order chi connectivity index (χ0) is 13.8. The number of carboxylic acid groups (broad SMARTS) is 1. The fraction of sp³-hybridized carbons (Fsp3) is 0.500. The van der Waals surface area contributed by atoms with Crippen molar-refractivity contribution in [2.75, 3.05) is 0 Å². The fourth-order valence-corrected chi connectivity index (χ4v) is 1.65. The molecule has 3 nitrogen and oxygen atoms in total. The lowest BCUT2D eigenvalue weighted by molar-refractivity contribution is 0.0696. The summed E-state index contributed by atoms with van der Waals surface area (Å²) in [6, 6.07) is 3.87. The van der Waals surface area contributed by atoms with Crippen LogP contribution < -0.4 is 5.32 Å². The highest BCUT2D eigenvalue weighted by Crippen LogP contribution is 2.16. The lowest BCUT2D eigenvalue weighted by atomic mass is 9.95. The van der Waals surface area contributed by atoms with Crippen LogP contribution in [0.5, 0.6) is 0 Å². The Bertz CT molecular complexity index is 428. The summed E-state index contributed by atoms with van der Waals surface area (Å²) in [5, 5.41) is 12.2. The summed E-state index contributed by atoms with van der Waals surface area (Å²) < 4.78 is 13.6.